The molecule has 4 rings (SSSR count). The molecule has 4 aromatic rings. The number of aromatic nitrogens is 5. The molecular weight excluding hydrogens is 310 g/mol. The molecule has 0 saturated carbocycles. The number of benzene rings is 1. The van der Waals surface area contributed by atoms with E-state index in [1.54, 1.807) is 10.9 Å². The molecule has 5 nitrogen and oxygen atoms in total. The van der Waals surface area contributed by atoms with Crippen molar-refractivity contribution < 1.29 is 0 Å². The minimum Gasteiger partial charge on any atom is -0.264 e. The van der Waals surface area contributed by atoms with Gasteiger partial charge < -0.3 is 0 Å². The van der Waals surface area contributed by atoms with Crippen LogP contribution in [0.3, 0.4) is 0 Å². The first-order valence-corrected chi connectivity index (χ1v) is 8.11. The number of aryl methyl sites for hydroxylation is 1. The Kier molecular flexibility index (Phi) is 4.04. The first-order valence-electron chi connectivity index (χ1n) is 8.11. The summed E-state index contributed by atoms with van der Waals surface area (Å²) in [4.78, 5) is 8.77. The van der Waals surface area contributed by atoms with E-state index in [0.29, 0.717) is 6.54 Å². The minimum absolute atomic E-state index is 0.655. The fourth-order valence-corrected chi connectivity index (χ4v) is 2.67. The van der Waals surface area contributed by atoms with Crippen molar-refractivity contribution in [3.05, 3.63) is 83.6 Å². The molecule has 0 aliphatic carbocycles. The van der Waals surface area contributed by atoms with Crippen LogP contribution in [0.15, 0.2) is 61.1 Å². The third kappa shape index (κ3) is 3.61. The Morgan fingerprint density at radius 2 is 1.96 bits per heavy atom. The average Bonchev–Trinajstić information content (AvgIpc) is 3.08. The van der Waals surface area contributed by atoms with Gasteiger partial charge in [0.05, 0.1) is 24.0 Å². The van der Waals surface area contributed by atoms with Crippen LogP contribution in [0.1, 0.15) is 22.5 Å². The van der Waals surface area contributed by atoms with Gasteiger partial charge in [0.15, 0.2) is 0 Å². The van der Waals surface area contributed by atoms with Gasteiger partial charge in [0, 0.05) is 17.8 Å². The Bertz CT molecular complexity index is 1030. The summed E-state index contributed by atoms with van der Waals surface area (Å²) in [5.41, 5.74) is 5.03. The highest BCUT2D eigenvalue weighted by Crippen LogP contribution is 2.15. The quantitative estimate of drug-likeness (QED) is 0.573. The van der Waals surface area contributed by atoms with Gasteiger partial charge in [-0.05, 0) is 48.9 Å². The standard InChI is InChI=1S/C20H17N5/c1-15-4-9-20-17(11-15)5-6-18(22-20)7-8-19-14-25(24-23-19)13-16-3-2-10-21-12-16/h2-12,14H,13H2,1H3/b8-7+. The summed E-state index contributed by atoms with van der Waals surface area (Å²) in [5.74, 6) is 0. The van der Waals surface area contributed by atoms with Crippen LogP contribution in [0.25, 0.3) is 23.1 Å². The molecule has 5 heteroatoms. The van der Waals surface area contributed by atoms with Gasteiger partial charge in [-0.2, -0.15) is 0 Å². The molecule has 25 heavy (non-hydrogen) atoms. The lowest BCUT2D eigenvalue weighted by Gasteiger charge is -2.00. The Labute approximate surface area is 145 Å². The summed E-state index contributed by atoms with van der Waals surface area (Å²) in [6, 6.07) is 14.3. The highest BCUT2D eigenvalue weighted by molar-refractivity contribution is 5.81. The molecule has 0 bridgehead atoms. The van der Waals surface area contributed by atoms with Crippen LogP contribution >= 0.6 is 0 Å². The van der Waals surface area contributed by atoms with Crippen LogP contribution in [-0.4, -0.2) is 25.0 Å². The smallest absolute Gasteiger partial charge is 0.105 e. The molecule has 0 fully saturated rings. The van der Waals surface area contributed by atoms with Gasteiger partial charge in [-0.25, -0.2) is 9.67 Å². The Balaban J connectivity index is 1.51. The number of nitrogens with zero attached hydrogens (tertiary/aromatic N) is 5. The van der Waals surface area contributed by atoms with Crippen molar-refractivity contribution in [1.82, 2.24) is 25.0 Å². The van der Waals surface area contributed by atoms with Crippen molar-refractivity contribution in [3.63, 3.8) is 0 Å². The second-order valence-electron chi connectivity index (χ2n) is 5.97. The molecule has 3 aromatic heterocycles. The summed E-state index contributed by atoms with van der Waals surface area (Å²) < 4.78 is 1.80. The van der Waals surface area contributed by atoms with Crippen LogP contribution in [0.5, 0.6) is 0 Å². The van der Waals surface area contributed by atoms with Gasteiger partial charge in [-0.15, -0.1) is 5.10 Å². The Hall–Kier alpha value is -3.34. The second-order valence-corrected chi connectivity index (χ2v) is 5.97. The van der Waals surface area contributed by atoms with Crippen LogP contribution < -0.4 is 0 Å². The zero-order valence-electron chi connectivity index (χ0n) is 13.9. The topological polar surface area (TPSA) is 56.5 Å². The highest BCUT2D eigenvalue weighted by atomic mass is 15.4. The molecule has 0 aliphatic rings. The lowest BCUT2D eigenvalue weighted by atomic mass is 10.1. The Morgan fingerprint density at radius 1 is 1.04 bits per heavy atom. The van der Waals surface area contributed by atoms with E-state index >= 15 is 0 Å². The summed E-state index contributed by atoms with van der Waals surface area (Å²) >= 11 is 0. The summed E-state index contributed by atoms with van der Waals surface area (Å²) in [6.45, 7) is 2.74. The van der Waals surface area contributed by atoms with Crippen LogP contribution in [0.2, 0.25) is 0 Å². The molecule has 0 saturated heterocycles. The van der Waals surface area contributed by atoms with Gasteiger partial charge in [0.2, 0.25) is 0 Å². The molecule has 1 aromatic carbocycles. The van der Waals surface area contributed by atoms with Gasteiger partial charge in [-0.3, -0.25) is 4.98 Å². The van der Waals surface area contributed by atoms with Crippen molar-refractivity contribution in [3.8, 4) is 0 Å². The predicted octanol–water partition coefficient (Wildman–Crippen LogP) is 3.75. The fraction of sp³-hybridized carbons (Fsp3) is 0.100. The Morgan fingerprint density at radius 3 is 2.84 bits per heavy atom. The van der Waals surface area contributed by atoms with Crippen LogP contribution in [0.4, 0.5) is 0 Å². The van der Waals surface area contributed by atoms with E-state index < -0.39 is 0 Å². The largest absolute Gasteiger partial charge is 0.264 e. The number of hydrogen-bond donors (Lipinski definition) is 0. The van der Waals surface area contributed by atoms with Crippen molar-refractivity contribution in [2.75, 3.05) is 0 Å². The lowest BCUT2D eigenvalue weighted by molar-refractivity contribution is 0.648. The van der Waals surface area contributed by atoms with E-state index in [9.17, 15) is 0 Å². The highest BCUT2D eigenvalue weighted by Gasteiger charge is 2.00. The zero-order chi connectivity index (χ0) is 17.1. The number of fused-ring (bicyclic) bond motifs is 1. The lowest BCUT2D eigenvalue weighted by Crippen LogP contribution is -2.00. The van der Waals surface area contributed by atoms with Crippen molar-refractivity contribution in [1.29, 1.82) is 0 Å². The first kappa shape index (κ1) is 15.2. The molecule has 0 N–H and O–H groups in total. The monoisotopic (exact) mass is 327 g/mol. The van der Waals surface area contributed by atoms with E-state index in [0.717, 1.165) is 27.9 Å². The average molecular weight is 327 g/mol. The molecule has 0 spiro atoms. The predicted molar refractivity (Wildman–Crippen MR) is 98.8 cm³/mol. The molecule has 0 aliphatic heterocycles. The maximum atomic E-state index is 4.66. The van der Waals surface area contributed by atoms with E-state index in [1.165, 1.54) is 5.56 Å². The number of rotatable bonds is 4. The van der Waals surface area contributed by atoms with Crippen molar-refractivity contribution in [2.24, 2.45) is 0 Å². The number of pyridine rings is 2. The van der Waals surface area contributed by atoms with Gasteiger partial charge in [-0.1, -0.05) is 29.0 Å². The minimum atomic E-state index is 0.655. The molecule has 0 atom stereocenters. The van der Waals surface area contributed by atoms with Crippen LogP contribution in [-0.2, 0) is 6.54 Å². The summed E-state index contributed by atoms with van der Waals surface area (Å²) in [7, 11) is 0. The van der Waals surface area contributed by atoms with Gasteiger partial charge in [0.25, 0.3) is 0 Å². The number of hydrogen-bond acceptors (Lipinski definition) is 4. The van der Waals surface area contributed by atoms with E-state index in [2.05, 4.69) is 45.4 Å². The maximum Gasteiger partial charge on any atom is 0.105 e. The maximum absolute atomic E-state index is 4.66. The van der Waals surface area contributed by atoms with Gasteiger partial charge >= 0.3 is 0 Å². The third-order valence-electron chi connectivity index (χ3n) is 3.91. The van der Waals surface area contributed by atoms with Crippen molar-refractivity contribution in [2.45, 2.75) is 13.5 Å². The van der Waals surface area contributed by atoms with Gasteiger partial charge in [0.1, 0.15) is 5.69 Å². The van der Waals surface area contributed by atoms with E-state index in [1.807, 2.05) is 48.8 Å². The third-order valence-corrected chi connectivity index (χ3v) is 3.91. The zero-order valence-corrected chi connectivity index (χ0v) is 13.9. The molecule has 3 heterocycles. The first-order chi connectivity index (χ1) is 12.3. The molecule has 122 valence electrons. The summed E-state index contributed by atoms with van der Waals surface area (Å²) in [5, 5.41) is 9.48. The normalized spacial score (nSPS) is 11.4. The summed E-state index contributed by atoms with van der Waals surface area (Å²) in [6.07, 6.45) is 9.38. The second kappa shape index (κ2) is 6.65. The van der Waals surface area contributed by atoms with E-state index in [4.69, 9.17) is 0 Å². The molecule has 0 radical (unpaired) electrons. The molecular formula is C20H17N5. The molecule has 0 unspecified atom stereocenters. The van der Waals surface area contributed by atoms with Crippen LogP contribution in [0, 0.1) is 6.92 Å². The van der Waals surface area contributed by atoms with Crippen molar-refractivity contribution >= 4 is 23.1 Å². The molecule has 0 amide bonds. The SMILES string of the molecule is Cc1ccc2nc(/C=C/c3cn(Cc4cccnc4)nn3)ccc2c1. The van der Waals surface area contributed by atoms with E-state index in [-0.39, 0.29) is 0 Å². The fourth-order valence-electron chi connectivity index (χ4n) is 2.67.